The van der Waals surface area contributed by atoms with Gasteiger partial charge < -0.3 is 0 Å². The van der Waals surface area contributed by atoms with Crippen molar-refractivity contribution in [3.05, 3.63) is 0 Å². The normalized spacial score (nSPS) is 13.9. The minimum atomic E-state index is -2.44. The molecule has 0 aromatic heterocycles. The fourth-order valence-electron chi connectivity index (χ4n) is 1.70. The van der Waals surface area contributed by atoms with Crippen LogP contribution in [0.25, 0.3) is 0 Å². The summed E-state index contributed by atoms with van der Waals surface area (Å²) >= 11 is 25.0. The summed E-state index contributed by atoms with van der Waals surface area (Å²) in [5, 5.41) is 0. The van der Waals surface area contributed by atoms with Crippen molar-refractivity contribution in [2.75, 3.05) is 26.2 Å². The third-order valence-electron chi connectivity index (χ3n) is 2.53. The predicted molar refractivity (Wildman–Crippen MR) is 78.9 cm³/mol. The molecule has 0 fully saturated rings. The molecule has 16 heavy (non-hydrogen) atoms. The van der Waals surface area contributed by atoms with E-state index in [0.717, 1.165) is 26.2 Å². The van der Waals surface area contributed by atoms with Crippen LogP contribution in [0.5, 0.6) is 0 Å². The summed E-state index contributed by atoms with van der Waals surface area (Å²) in [5.74, 6) is 0. The number of alkyl halides is 3. The van der Waals surface area contributed by atoms with E-state index in [2.05, 4.69) is 9.34 Å². The topological polar surface area (TPSA) is 6.48 Å². The Bertz CT molecular complexity index is 190. The molecule has 0 unspecified atom stereocenters. The zero-order chi connectivity index (χ0) is 13.0. The largest absolute Gasteiger partial charge is 0.260 e. The molecule has 0 N–H and O–H groups in total. The van der Waals surface area contributed by atoms with Crippen molar-refractivity contribution in [3.63, 3.8) is 0 Å². The van der Waals surface area contributed by atoms with Gasteiger partial charge in [-0.1, -0.05) is 73.7 Å². The number of halogens is 4. The van der Waals surface area contributed by atoms with Crippen molar-refractivity contribution in [2.45, 2.75) is 31.2 Å². The molecule has 0 aliphatic heterocycles. The molecule has 0 aliphatic rings. The molecular weight excluding hydrogens is 309 g/mol. The van der Waals surface area contributed by atoms with E-state index in [1.165, 1.54) is 0 Å². The Kier molecular flexibility index (Phi) is 7.86. The van der Waals surface area contributed by atoms with E-state index in [1.54, 1.807) is 0 Å². The van der Waals surface area contributed by atoms with Crippen LogP contribution in [0.1, 0.15) is 27.7 Å². The summed E-state index contributed by atoms with van der Waals surface area (Å²) in [5.41, 5.74) is 0. The highest BCUT2D eigenvalue weighted by atomic mass is 35.7. The Morgan fingerprint density at radius 2 is 1.06 bits per heavy atom. The number of nitrogens with zero attached hydrogens (tertiary/aromatic N) is 2. The first-order valence-electron chi connectivity index (χ1n) is 5.45. The van der Waals surface area contributed by atoms with E-state index in [0.29, 0.717) is 0 Å². The van der Waals surface area contributed by atoms with Crippen LogP contribution in [-0.2, 0) is 0 Å². The first-order valence-corrected chi connectivity index (χ1v) is 9.19. The van der Waals surface area contributed by atoms with E-state index in [4.69, 9.17) is 46.0 Å². The molecule has 2 nitrogen and oxygen atoms in total. The molecule has 0 aromatic rings. The first-order chi connectivity index (χ1) is 7.29. The predicted octanol–water partition coefficient (Wildman–Crippen LogP) is 5.00. The molecule has 1 radical (unpaired) electrons. The Hall–Kier alpha value is 1.51. The van der Waals surface area contributed by atoms with Crippen molar-refractivity contribution in [2.24, 2.45) is 0 Å². The SMILES string of the molecule is CCN(CC)[P](Cl)(N(CC)CC)C(Cl)(Cl)Cl. The van der Waals surface area contributed by atoms with Crippen molar-refractivity contribution in [1.29, 1.82) is 0 Å². The lowest BCUT2D eigenvalue weighted by Gasteiger charge is -2.50. The molecule has 0 spiro atoms. The van der Waals surface area contributed by atoms with Crippen LogP contribution >= 0.6 is 53.0 Å². The smallest absolute Gasteiger partial charge is 0.244 e. The summed E-state index contributed by atoms with van der Waals surface area (Å²) < 4.78 is 2.68. The molecule has 99 valence electrons. The molecule has 7 heteroatoms. The minimum absolute atomic E-state index is 0.776. The van der Waals surface area contributed by atoms with E-state index in [-0.39, 0.29) is 0 Å². The average Bonchev–Trinajstić information content (AvgIpc) is 2.19. The monoisotopic (exact) mass is 327 g/mol. The summed E-state index contributed by atoms with van der Waals surface area (Å²) in [6, 6.07) is 0. The fourth-order valence-corrected chi connectivity index (χ4v) is 7.40. The maximum atomic E-state index is 6.72. The van der Waals surface area contributed by atoms with Crippen LogP contribution in [0.4, 0.5) is 0 Å². The van der Waals surface area contributed by atoms with Gasteiger partial charge >= 0.3 is 0 Å². The third kappa shape index (κ3) is 3.51. The van der Waals surface area contributed by atoms with E-state index < -0.39 is 10.5 Å². The fraction of sp³-hybridized carbons (Fsp3) is 1.00. The van der Waals surface area contributed by atoms with Crippen molar-refractivity contribution < 1.29 is 0 Å². The zero-order valence-electron chi connectivity index (χ0n) is 10.2. The summed E-state index contributed by atoms with van der Waals surface area (Å²) in [6.07, 6.45) is 0. The summed E-state index contributed by atoms with van der Waals surface area (Å²) in [6.45, 7) is 8.78. The number of rotatable bonds is 6. The zero-order valence-corrected chi connectivity index (χ0v) is 14.1. The maximum Gasteiger partial charge on any atom is 0.244 e. The maximum absolute atomic E-state index is 6.72. The van der Waals surface area contributed by atoms with Gasteiger partial charge in [0.15, 0.2) is 0 Å². The van der Waals surface area contributed by atoms with Gasteiger partial charge in [-0.3, -0.25) is 9.34 Å². The Morgan fingerprint density at radius 3 is 1.19 bits per heavy atom. The quantitative estimate of drug-likeness (QED) is 0.500. The Labute approximate surface area is 119 Å². The van der Waals surface area contributed by atoms with E-state index in [1.807, 2.05) is 27.7 Å². The molecule has 0 amide bonds. The lowest BCUT2D eigenvalue weighted by molar-refractivity contribution is 0.416. The van der Waals surface area contributed by atoms with E-state index in [9.17, 15) is 0 Å². The Morgan fingerprint density at radius 1 is 0.812 bits per heavy atom. The third-order valence-corrected chi connectivity index (χ3v) is 10.8. The number of hydrogen-bond acceptors (Lipinski definition) is 2. The number of hydrogen-bond donors (Lipinski definition) is 0. The molecule has 0 saturated heterocycles. The van der Waals surface area contributed by atoms with Gasteiger partial charge in [-0.25, -0.2) is 0 Å². The molecule has 0 atom stereocenters. The highest BCUT2D eigenvalue weighted by molar-refractivity contribution is 8.00. The summed E-state index contributed by atoms with van der Waals surface area (Å²) in [4.78, 5) is 0. The van der Waals surface area contributed by atoms with Gasteiger partial charge in [-0.15, -0.1) is 0 Å². The van der Waals surface area contributed by atoms with Crippen LogP contribution in [0, 0.1) is 0 Å². The molecule has 0 rings (SSSR count). The highest BCUT2D eigenvalue weighted by Gasteiger charge is 2.52. The highest BCUT2D eigenvalue weighted by Crippen LogP contribution is 2.81. The standard InChI is InChI=1S/C9H20Cl4N2P/c1-5-14(6-2)16(13,9(10,11)12)15(7-3)8-4/h5-8H2,1-4H3. The van der Waals surface area contributed by atoms with Gasteiger partial charge in [0.25, 0.3) is 0 Å². The van der Waals surface area contributed by atoms with Crippen LogP contribution in [0.2, 0.25) is 0 Å². The second-order valence-corrected chi connectivity index (χ2v) is 10.6. The molecule has 0 aliphatic carbocycles. The van der Waals surface area contributed by atoms with E-state index >= 15 is 0 Å². The molecule has 0 aromatic carbocycles. The second kappa shape index (κ2) is 7.19. The molecular formula is C9H20Cl4N2P. The van der Waals surface area contributed by atoms with Crippen molar-refractivity contribution in [3.8, 4) is 0 Å². The van der Waals surface area contributed by atoms with Crippen LogP contribution in [0.15, 0.2) is 0 Å². The lowest BCUT2D eigenvalue weighted by atomic mass is 10.7. The minimum Gasteiger partial charge on any atom is -0.260 e. The Balaban J connectivity index is 5.33. The van der Waals surface area contributed by atoms with Gasteiger partial charge in [0.1, 0.15) is 6.92 Å². The molecule has 0 saturated carbocycles. The van der Waals surface area contributed by atoms with Crippen LogP contribution in [-0.4, -0.2) is 39.1 Å². The van der Waals surface area contributed by atoms with Crippen LogP contribution < -0.4 is 0 Å². The van der Waals surface area contributed by atoms with Crippen LogP contribution in [0.3, 0.4) is 0 Å². The van der Waals surface area contributed by atoms with Gasteiger partial charge in [-0.05, 0) is 0 Å². The van der Waals surface area contributed by atoms with Gasteiger partial charge in [0.2, 0.25) is 3.53 Å². The molecule has 0 bridgehead atoms. The molecule has 0 heterocycles. The van der Waals surface area contributed by atoms with Crippen molar-refractivity contribution in [1.82, 2.24) is 9.34 Å². The first kappa shape index (κ1) is 17.5. The van der Waals surface area contributed by atoms with Crippen molar-refractivity contribution >= 4 is 53.0 Å². The van der Waals surface area contributed by atoms with Gasteiger partial charge in [-0.2, -0.15) is 0 Å². The van der Waals surface area contributed by atoms with Gasteiger partial charge in [0, 0.05) is 26.2 Å². The second-order valence-electron chi connectivity index (χ2n) is 3.27. The lowest BCUT2D eigenvalue weighted by Crippen LogP contribution is -2.39. The summed E-state index contributed by atoms with van der Waals surface area (Å²) in [7, 11) is 0. The average molecular weight is 329 g/mol. The van der Waals surface area contributed by atoms with Gasteiger partial charge in [0.05, 0.1) is 0 Å².